The Bertz CT molecular complexity index is 519. The van der Waals surface area contributed by atoms with Gasteiger partial charge in [-0.3, -0.25) is 0 Å². The Kier molecular flexibility index (Phi) is 6.95. The molecule has 0 fully saturated rings. The summed E-state index contributed by atoms with van der Waals surface area (Å²) in [5, 5.41) is 0.324. The topological polar surface area (TPSA) is 0 Å². The van der Waals surface area contributed by atoms with Crippen LogP contribution in [0.4, 0.5) is 4.39 Å². The molecule has 0 saturated carbocycles. The predicted molar refractivity (Wildman–Crippen MR) is 94.9 cm³/mol. The quantitative estimate of drug-likeness (QED) is 0.466. The SMILES string of the molecule is CCCCCC1CC=C(c2ccc(CCC)c(Cl)c2F)CC1. The van der Waals surface area contributed by atoms with Gasteiger partial charge in [0, 0.05) is 5.56 Å². The van der Waals surface area contributed by atoms with Crippen LogP contribution in [0, 0.1) is 11.7 Å². The van der Waals surface area contributed by atoms with Crippen LogP contribution in [-0.2, 0) is 6.42 Å². The zero-order valence-corrected chi connectivity index (χ0v) is 14.7. The third kappa shape index (κ3) is 4.35. The van der Waals surface area contributed by atoms with E-state index in [2.05, 4.69) is 19.9 Å². The summed E-state index contributed by atoms with van der Waals surface area (Å²) in [6.45, 7) is 4.33. The van der Waals surface area contributed by atoms with Crippen LogP contribution in [0.3, 0.4) is 0 Å². The second kappa shape index (κ2) is 8.72. The summed E-state index contributed by atoms with van der Waals surface area (Å²) >= 11 is 6.21. The minimum Gasteiger partial charge on any atom is -0.205 e. The lowest BCUT2D eigenvalue weighted by Gasteiger charge is -2.23. The highest BCUT2D eigenvalue weighted by Gasteiger charge is 2.19. The number of aryl methyl sites for hydroxylation is 1. The summed E-state index contributed by atoms with van der Waals surface area (Å²) in [7, 11) is 0. The van der Waals surface area contributed by atoms with E-state index in [1.54, 1.807) is 0 Å². The minimum atomic E-state index is -0.219. The fourth-order valence-corrected chi connectivity index (χ4v) is 3.64. The molecule has 0 spiro atoms. The zero-order chi connectivity index (χ0) is 15.9. The van der Waals surface area contributed by atoms with E-state index in [4.69, 9.17) is 11.6 Å². The molecular weight excluding hydrogens is 295 g/mol. The maximum atomic E-state index is 14.5. The summed E-state index contributed by atoms with van der Waals surface area (Å²) in [5.41, 5.74) is 2.80. The Balaban J connectivity index is 2.05. The van der Waals surface area contributed by atoms with Gasteiger partial charge in [-0.25, -0.2) is 4.39 Å². The van der Waals surface area contributed by atoms with Gasteiger partial charge in [-0.05, 0) is 42.7 Å². The first-order valence-electron chi connectivity index (χ1n) is 8.83. The van der Waals surface area contributed by atoms with Crippen molar-refractivity contribution in [3.8, 4) is 0 Å². The Morgan fingerprint density at radius 3 is 2.64 bits per heavy atom. The van der Waals surface area contributed by atoms with Crippen molar-refractivity contribution in [2.75, 3.05) is 0 Å². The van der Waals surface area contributed by atoms with Crippen LogP contribution in [0.5, 0.6) is 0 Å². The average Bonchev–Trinajstić information content (AvgIpc) is 2.53. The molecule has 1 aliphatic carbocycles. The first-order valence-corrected chi connectivity index (χ1v) is 9.21. The predicted octanol–water partition coefficient (Wildman–Crippen LogP) is 7.20. The van der Waals surface area contributed by atoms with Gasteiger partial charge in [0.05, 0.1) is 5.02 Å². The third-order valence-electron chi connectivity index (χ3n) is 4.76. The van der Waals surface area contributed by atoms with Crippen LogP contribution < -0.4 is 0 Å². The molecular formula is C20H28ClF. The van der Waals surface area contributed by atoms with Crippen LogP contribution in [-0.4, -0.2) is 0 Å². The molecule has 2 heteroatoms. The molecule has 1 aliphatic rings. The molecule has 1 aromatic rings. The molecule has 0 nitrogen and oxygen atoms in total. The molecule has 1 unspecified atom stereocenters. The number of benzene rings is 1. The van der Waals surface area contributed by atoms with Gasteiger partial charge >= 0.3 is 0 Å². The molecule has 0 N–H and O–H groups in total. The number of allylic oxidation sites excluding steroid dienone is 2. The summed E-state index contributed by atoms with van der Waals surface area (Å²) in [4.78, 5) is 0. The average molecular weight is 323 g/mol. The molecule has 0 saturated heterocycles. The van der Waals surface area contributed by atoms with E-state index in [1.165, 1.54) is 32.1 Å². The maximum Gasteiger partial charge on any atom is 0.149 e. The lowest BCUT2D eigenvalue weighted by molar-refractivity contribution is 0.427. The van der Waals surface area contributed by atoms with Crippen molar-refractivity contribution in [3.05, 3.63) is 40.2 Å². The van der Waals surface area contributed by atoms with E-state index >= 15 is 0 Å². The highest BCUT2D eigenvalue weighted by atomic mass is 35.5. The largest absolute Gasteiger partial charge is 0.205 e. The van der Waals surface area contributed by atoms with Gasteiger partial charge in [0.15, 0.2) is 0 Å². The van der Waals surface area contributed by atoms with E-state index in [9.17, 15) is 4.39 Å². The van der Waals surface area contributed by atoms with Gasteiger partial charge in [0.2, 0.25) is 0 Å². The summed E-state index contributed by atoms with van der Waals surface area (Å²) in [6, 6.07) is 3.92. The van der Waals surface area contributed by atoms with Gasteiger partial charge in [0.25, 0.3) is 0 Å². The molecule has 1 aromatic carbocycles. The number of halogens is 2. The van der Waals surface area contributed by atoms with Gasteiger partial charge in [-0.2, -0.15) is 0 Å². The summed E-state index contributed by atoms with van der Waals surface area (Å²) in [6.07, 6.45) is 12.6. The molecule has 122 valence electrons. The molecule has 0 bridgehead atoms. The molecule has 2 rings (SSSR count). The van der Waals surface area contributed by atoms with E-state index in [-0.39, 0.29) is 5.82 Å². The van der Waals surface area contributed by atoms with Crippen molar-refractivity contribution in [3.63, 3.8) is 0 Å². The van der Waals surface area contributed by atoms with Gasteiger partial charge in [-0.15, -0.1) is 0 Å². The molecule has 0 amide bonds. The van der Waals surface area contributed by atoms with Crippen LogP contribution in [0.1, 0.15) is 76.3 Å². The Morgan fingerprint density at radius 1 is 1.18 bits per heavy atom. The van der Waals surface area contributed by atoms with Crippen LogP contribution in [0.15, 0.2) is 18.2 Å². The van der Waals surface area contributed by atoms with Crippen molar-refractivity contribution < 1.29 is 4.39 Å². The van der Waals surface area contributed by atoms with Crippen LogP contribution in [0.2, 0.25) is 5.02 Å². The lowest BCUT2D eigenvalue weighted by Crippen LogP contribution is -2.07. The van der Waals surface area contributed by atoms with Gasteiger partial charge < -0.3 is 0 Å². The number of rotatable bonds is 7. The second-order valence-electron chi connectivity index (χ2n) is 6.52. The first kappa shape index (κ1) is 17.5. The van der Waals surface area contributed by atoms with E-state index in [0.29, 0.717) is 5.02 Å². The fraction of sp³-hybridized carbons (Fsp3) is 0.600. The number of unbranched alkanes of at least 4 members (excludes halogenated alkanes) is 2. The zero-order valence-electron chi connectivity index (χ0n) is 13.9. The van der Waals surface area contributed by atoms with Gasteiger partial charge in [-0.1, -0.05) is 75.8 Å². The maximum absolute atomic E-state index is 14.5. The molecule has 0 radical (unpaired) electrons. The second-order valence-corrected chi connectivity index (χ2v) is 6.89. The summed E-state index contributed by atoms with van der Waals surface area (Å²) in [5.74, 6) is 0.566. The van der Waals surface area contributed by atoms with E-state index in [1.807, 2.05) is 12.1 Å². The lowest BCUT2D eigenvalue weighted by atomic mass is 9.83. The molecule has 1 atom stereocenters. The van der Waals surface area contributed by atoms with Crippen molar-refractivity contribution in [1.29, 1.82) is 0 Å². The third-order valence-corrected chi connectivity index (χ3v) is 5.17. The summed E-state index contributed by atoms with van der Waals surface area (Å²) < 4.78 is 14.5. The smallest absolute Gasteiger partial charge is 0.149 e. The normalized spacial score (nSPS) is 18.4. The highest BCUT2D eigenvalue weighted by Crippen LogP contribution is 2.36. The highest BCUT2D eigenvalue weighted by molar-refractivity contribution is 6.31. The Morgan fingerprint density at radius 2 is 2.00 bits per heavy atom. The Hall–Kier alpha value is -0.820. The standard InChI is InChI=1S/C20H28ClF/c1-3-5-6-8-15-9-11-16(12-10-15)18-14-13-17(7-4-2)19(21)20(18)22/h11,13-15H,3-10,12H2,1-2H3. The van der Waals surface area contributed by atoms with E-state index in [0.717, 1.165) is 48.3 Å². The van der Waals surface area contributed by atoms with Crippen LogP contribution in [0.25, 0.3) is 5.57 Å². The first-order chi connectivity index (χ1) is 10.7. The van der Waals surface area contributed by atoms with Crippen LogP contribution >= 0.6 is 11.6 Å². The van der Waals surface area contributed by atoms with Crippen molar-refractivity contribution in [1.82, 2.24) is 0 Å². The van der Waals surface area contributed by atoms with E-state index < -0.39 is 0 Å². The fourth-order valence-electron chi connectivity index (χ4n) is 3.38. The van der Waals surface area contributed by atoms with Gasteiger partial charge in [0.1, 0.15) is 5.82 Å². The van der Waals surface area contributed by atoms with Crippen molar-refractivity contribution in [2.24, 2.45) is 5.92 Å². The molecule has 0 aliphatic heterocycles. The van der Waals surface area contributed by atoms with Crippen molar-refractivity contribution in [2.45, 2.75) is 71.6 Å². The minimum absolute atomic E-state index is 0.219. The molecule has 0 heterocycles. The molecule has 0 aromatic heterocycles. The van der Waals surface area contributed by atoms with Crippen molar-refractivity contribution >= 4 is 17.2 Å². The number of hydrogen-bond donors (Lipinski definition) is 0. The number of hydrogen-bond acceptors (Lipinski definition) is 0. The molecule has 22 heavy (non-hydrogen) atoms. The monoisotopic (exact) mass is 322 g/mol. The Labute approximate surface area is 139 Å².